The van der Waals surface area contributed by atoms with Gasteiger partial charge in [0, 0.05) is 17.3 Å². The smallest absolute Gasteiger partial charge is 0.283 e. The minimum absolute atomic E-state index is 0.101. The number of para-hydroxylation sites is 1. The highest BCUT2D eigenvalue weighted by atomic mass is 35.5. The van der Waals surface area contributed by atoms with E-state index in [2.05, 4.69) is 10.6 Å². The molecule has 0 atom stereocenters. The van der Waals surface area contributed by atoms with Crippen LogP contribution < -0.4 is 29.7 Å². The van der Waals surface area contributed by atoms with E-state index < -0.39 is 17.7 Å². The first kappa shape index (κ1) is 27.3. The Morgan fingerprint density at radius 2 is 1.46 bits per heavy atom. The maximum absolute atomic E-state index is 13.3. The predicted octanol–water partition coefficient (Wildman–Crippen LogP) is 6.18. The Labute approximate surface area is 240 Å². The molecule has 0 aromatic heterocycles. The molecule has 1 heterocycles. The Morgan fingerprint density at radius 1 is 0.756 bits per heavy atom. The van der Waals surface area contributed by atoms with E-state index >= 15 is 0 Å². The molecule has 0 spiro atoms. The van der Waals surface area contributed by atoms with Crippen molar-refractivity contribution in [1.29, 1.82) is 0 Å². The van der Waals surface area contributed by atoms with Gasteiger partial charge in [-0.05, 0) is 66.7 Å². The summed E-state index contributed by atoms with van der Waals surface area (Å²) in [6.45, 7) is 0. The number of rotatable bonds is 9. The molecule has 41 heavy (non-hydrogen) atoms. The molecule has 4 aromatic carbocycles. The summed E-state index contributed by atoms with van der Waals surface area (Å²) in [7, 11) is 3.02. The molecule has 0 radical (unpaired) electrons. The molecule has 9 nitrogen and oxygen atoms in total. The van der Waals surface area contributed by atoms with Gasteiger partial charge in [-0.25, -0.2) is 4.90 Å². The molecular weight excluding hydrogens is 546 g/mol. The SMILES string of the molecule is COc1ccc(NC(=O)c2cccc(NC3=C(Cl)C(=O)N(c4ccc(Oc5ccccc5)cc4)C3=O)c2)c(OC)c1. The third-order valence-corrected chi connectivity index (χ3v) is 6.50. The van der Waals surface area contributed by atoms with Crippen molar-refractivity contribution in [3.05, 3.63) is 113 Å². The van der Waals surface area contributed by atoms with Crippen LogP contribution in [0.5, 0.6) is 23.0 Å². The van der Waals surface area contributed by atoms with E-state index in [1.807, 2.05) is 30.3 Å². The fourth-order valence-corrected chi connectivity index (χ4v) is 4.33. The van der Waals surface area contributed by atoms with Crippen molar-refractivity contribution in [2.75, 3.05) is 29.8 Å². The second kappa shape index (κ2) is 11.8. The minimum Gasteiger partial charge on any atom is -0.497 e. The van der Waals surface area contributed by atoms with Gasteiger partial charge in [-0.2, -0.15) is 0 Å². The standard InChI is InChI=1S/C31H24ClN3O6/c1-39-24-15-16-25(26(18-24)40-2)34-29(36)19-7-6-8-20(17-19)33-28-27(32)30(37)35(31(28)38)21-11-13-23(14-12-21)41-22-9-4-3-5-10-22/h3-18,33H,1-2H3,(H,34,36). The summed E-state index contributed by atoms with van der Waals surface area (Å²) in [5.74, 6) is 0.496. The minimum atomic E-state index is -0.670. The zero-order valence-corrected chi connectivity index (χ0v) is 22.8. The van der Waals surface area contributed by atoms with Crippen LogP contribution in [-0.2, 0) is 9.59 Å². The fraction of sp³-hybridized carbons (Fsp3) is 0.0645. The van der Waals surface area contributed by atoms with Gasteiger partial charge in [0.05, 0.1) is 25.6 Å². The molecule has 0 saturated heterocycles. The summed E-state index contributed by atoms with van der Waals surface area (Å²) >= 11 is 6.30. The maximum Gasteiger partial charge on any atom is 0.283 e. The number of anilines is 3. The average molecular weight is 570 g/mol. The van der Waals surface area contributed by atoms with Crippen LogP contribution in [0.3, 0.4) is 0 Å². The normalized spacial score (nSPS) is 12.8. The average Bonchev–Trinajstić information content (AvgIpc) is 3.21. The van der Waals surface area contributed by atoms with Gasteiger partial charge in [0.15, 0.2) is 0 Å². The number of carbonyl (C=O) groups excluding carboxylic acids is 3. The van der Waals surface area contributed by atoms with Crippen LogP contribution in [-0.4, -0.2) is 31.9 Å². The summed E-state index contributed by atoms with van der Waals surface area (Å²) in [5.41, 5.74) is 1.37. The molecule has 206 valence electrons. The quantitative estimate of drug-likeness (QED) is 0.232. The Bertz CT molecular complexity index is 1650. The summed E-state index contributed by atoms with van der Waals surface area (Å²) in [6, 6.07) is 27.2. The van der Waals surface area contributed by atoms with Crippen LogP contribution >= 0.6 is 11.6 Å². The number of benzene rings is 4. The Balaban J connectivity index is 1.29. The van der Waals surface area contributed by atoms with Crippen molar-refractivity contribution in [2.24, 2.45) is 0 Å². The van der Waals surface area contributed by atoms with Gasteiger partial charge in [-0.3, -0.25) is 14.4 Å². The summed E-state index contributed by atoms with van der Waals surface area (Å²) in [5, 5.41) is 5.43. The highest BCUT2D eigenvalue weighted by Crippen LogP contribution is 2.33. The number of ether oxygens (including phenoxy) is 3. The van der Waals surface area contributed by atoms with E-state index in [-0.39, 0.29) is 10.7 Å². The maximum atomic E-state index is 13.3. The highest BCUT2D eigenvalue weighted by Gasteiger charge is 2.39. The number of hydrogen-bond acceptors (Lipinski definition) is 7. The first-order chi connectivity index (χ1) is 19.9. The number of carbonyl (C=O) groups is 3. The van der Waals surface area contributed by atoms with Gasteiger partial charge in [0.2, 0.25) is 0 Å². The molecule has 1 aliphatic heterocycles. The zero-order chi connectivity index (χ0) is 28.9. The number of halogens is 1. The third kappa shape index (κ3) is 5.85. The van der Waals surface area contributed by atoms with Crippen molar-refractivity contribution in [3.8, 4) is 23.0 Å². The van der Waals surface area contributed by atoms with Crippen LogP contribution in [0.15, 0.2) is 108 Å². The Kier molecular flexibility index (Phi) is 7.89. The summed E-state index contributed by atoms with van der Waals surface area (Å²) in [6.07, 6.45) is 0. The fourth-order valence-electron chi connectivity index (χ4n) is 4.11. The molecule has 0 fully saturated rings. The first-order valence-corrected chi connectivity index (χ1v) is 12.8. The van der Waals surface area contributed by atoms with Crippen LogP contribution in [0.25, 0.3) is 0 Å². The Hall–Kier alpha value is -5.28. The number of amides is 3. The van der Waals surface area contributed by atoms with Crippen molar-refractivity contribution < 1.29 is 28.6 Å². The van der Waals surface area contributed by atoms with Gasteiger partial charge in [-0.1, -0.05) is 35.9 Å². The van der Waals surface area contributed by atoms with E-state index in [0.29, 0.717) is 45.6 Å². The number of hydrogen-bond donors (Lipinski definition) is 2. The van der Waals surface area contributed by atoms with Crippen molar-refractivity contribution >= 4 is 46.4 Å². The largest absolute Gasteiger partial charge is 0.497 e. The van der Waals surface area contributed by atoms with Crippen LogP contribution in [0.2, 0.25) is 0 Å². The lowest BCUT2D eigenvalue weighted by molar-refractivity contribution is -0.120. The molecular formula is C31H24ClN3O6. The van der Waals surface area contributed by atoms with E-state index in [9.17, 15) is 14.4 Å². The molecule has 10 heteroatoms. The van der Waals surface area contributed by atoms with Gasteiger partial charge in [0.1, 0.15) is 33.7 Å². The van der Waals surface area contributed by atoms with E-state index in [4.69, 9.17) is 25.8 Å². The van der Waals surface area contributed by atoms with Crippen molar-refractivity contribution in [2.45, 2.75) is 0 Å². The van der Waals surface area contributed by atoms with E-state index in [0.717, 1.165) is 4.90 Å². The van der Waals surface area contributed by atoms with Gasteiger partial charge >= 0.3 is 0 Å². The molecule has 5 rings (SSSR count). The van der Waals surface area contributed by atoms with Crippen LogP contribution in [0, 0.1) is 0 Å². The molecule has 0 bridgehead atoms. The van der Waals surface area contributed by atoms with Crippen LogP contribution in [0.4, 0.5) is 17.1 Å². The highest BCUT2D eigenvalue weighted by molar-refractivity contribution is 6.53. The molecule has 4 aromatic rings. The zero-order valence-electron chi connectivity index (χ0n) is 22.0. The second-order valence-electron chi connectivity index (χ2n) is 8.77. The van der Waals surface area contributed by atoms with Crippen LogP contribution in [0.1, 0.15) is 10.4 Å². The van der Waals surface area contributed by atoms with E-state index in [1.54, 1.807) is 66.7 Å². The molecule has 0 saturated carbocycles. The van der Waals surface area contributed by atoms with Crippen molar-refractivity contribution in [1.82, 2.24) is 0 Å². The topological polar surface area (TPSA) is 106 Å². The Morgan fingerprint density at radius 3 is 2.17 bits per heavy atom. The van der Waals surface area contributed by atoms with E-state index in [1.165, 1.54) is 14.2 Å². The number of imide groups is 1. The lowest BCUT2D eigenvalue weighted by atomic mass is 10.1. The van der Waals surface area contributed by atoms with Crippen molar-refractivity contribution in [3.63, 3.8) is 0 Å². The number of methoxy groups -OCH3 is 2. The summed E-state index contributed by atoms with van der Waals surface area (Å²) in [4.78, 5) is 40.2. The van der Waals surface area contributed by atoms with Gasteiger partial charge in [0.25, 0.3) is 17.7 Å². The van der Waals surface area contributed by atoms with Gasteiger partial charge < -0.3 is 24.8 Å². The van der Waals surface area contributed by atoms with Gasteiger partial charge in [-0.15, -0.1) is 0 Å². The number of nitrogens with one attached hydrogen (secondary N) is 2. The molecule has 0 unspecified atom stereocenters. The molecule has 1 aliphatic rings. The second-order valence-corrected chi connectivity index (χ2v) is 9.15. The molecule has 2 N–H and O–H groups in total. The lowest BCUT2D eigenvalue weighted by Crippen LogP contribution is -2.32. The molecule has 3 amide bonds. The number of nitrogens with zero attached hydrogens (tertiary/aromatic N) is 1. The third-order valence-electron chi connectivity index (χ3n) is 6.15. The summed E-state index contributed by atoms with van der Waals surface area (Å²) < 4.78 is 16.3. The molecule has 0 aliphatic carbocycles. The monoisotopic (exact) mass is 569 g/mol. The first-order valence-electron chi connectivity index (χ1n) is 12.4. The lowest BCUT2D eigenvalue weighted by Gasteiger charge is -2.16. The predicted molar refractivity (Wildman–Crippen MR) is 156 cm³/mol.